The summed E-state index contributed by atoms with van der Waals surface area (Å²) in [5, 5.41) is 8.63. The highest BCUT2D eigenvalue weighted by atomic mass is 32.2. The van der Waals surface area contributed by atoms with Gasteiger partial charge in [0.2, 0.25) is 0 Å². The van der Waals surface area contributed by atoms with Gasteiger partial charge in [-0.3, -0.25) is 0 Å². The van der Waals surface area contributed by atoms with Crippen molar-refractivity contribution in [3.8, 4) is 0 Å². The number of benzene rings is 1. The first kappa shape index (κ1) is 10.6. The molecule has 0 bridgehead atoms. The van der Waals surface area contributed by atoms with Crippen LogP contribution in [0.3, 0.4) is 0 Å². The number of aliphatic hydroxyl groups excluding tert-OH is 1. The molecule has 0 aliphatic rings. The summed E-state index contributed by atoms with van der Waals surface area (Å²) in [5.41, 5.74) is 2.68. The molecule has 13 heavy (non-hydrogen) atoms. The number of rotatable bonds is 4. The van der Waals surface area contributed by atoms with Gasteiger partial charge in [-0.25, -0.2) is 0 Å². The molecule has 0 amide bonds. The Morgan fingerprint density at radius 1 is 1.23 bits per heavy atom. The van der Waals surface area contributed by atoms with Crippen LogP contribution in [0.5, 0.6) is 0 Å². The quantitative estimate of drug-likeness (QED) is 0.590. The first-order valence-corrected chi connectivity index (χ1v) is 5.53. The lowest BCUT2D eigenvalue weighted by Crippen LogP contribution is -1.86. The molecular weight excluding hydrogens is 180 g/mol. The Hall–Kier alpha value is -0.470. The van der Waals surface area contributed by atoms with Gasteiger partial charge >= 0.3 is 0 Å². The fourth-order valence-electron chi connectivity index (χ4n) is 1.06. The average Bonchev–Trinajstić information content (AvgIpc) is 2.12. The van der Waals surface area contributed by atoms with E-state index in [2.05, 4.69) is 32.0 Å². The molecule has 0 unspecified atom stereocenters. The molecule has 72 valence electrons. The zero-order valence-corrected chi connectivity index (χ0v) is 9.03. The summed E-state index contributed by atoms with van der Waals surface area (Å²) < 4.78 is 0. The highest BCUT2D eigenvalue weighted by Gasteiger charge is 1.96. The molecule has 0 atom stereocenters. The molecule has 0 saturated carbocycles. The Kier molecular flexibility index (Phi) is 4.33. The van der Waals surface area contributed by atoms with E-state index in [9.17, 15) is 0 Å². The van der Waals surface area contributed by atoms with E-state index < -0.39 is 0 Å². The molecule has 0 spiro atoms. The predicted octanol–water partition coefficient (Wildman–Crippen LogP) is 2.78. The lowest BCUT2D eigenvalue weighted by Gasteiger charge is -2.03. The van der Waals surface area contributed by atoms with Crippen molar-refractivity contribution in [3.05, 3.63) is 29.3 Å². The van der Waals surface area contributed by atoms with Gasteiger partial charge in [-0.05, 0) is 43.5 Å². The molecule has 0 saturated heterocycles. The van der Waals surface area contributed by atoms with Gasteiger partial charge in [0, 0.05) is 17.3 Å². The van der Waals surface area contributed by atoms with Crippen molar-refractivity contribution in [1.82, 2.24) is 0 Å². The van der Waals surface area contributed by atoms with E-state index >= 15 is 0 Å². The molecule has 1 rings (SSSR count). The van der Waals surface area contributed by atoms with E-state index in [0.717, 1.165) is 12.2 Å². The molecule has 0 aromatic heterocycles. The van der Waals surface area contributed by atoms with Gasteiger partial charge < -0.3 is 5.11 Å². The van der Waals surface area contributed by atoms with Crippen LogP contribution in [-0.2, 0) is 0 Å². The molecule has 1 nitrogen and oxygen atoms in total. The Balaban J connectivity index is 2.53. The van der Waals surface area contributed by atoms with Crippen LogP contribution < -0.4 is 0 Å². The van der Waals surface area contributed by atoms with Gasteiger partial charge in [-0.2, -0.15) is 0 Å². The Labute approximate surface area is 84.2 Å². The summed E-state index contributed by atoms with van der Waals surface area (Å²) in [4.78, 5) is 1.30. The van der Waals surface area contributed by atoms with Crippen molar-refractivity contribution in [2.45, 2.75) is 25.2 Å². The standard InChI is InChI=1S/C11H16OS/c1-9-4-5-11(8-10(9)2)13-7-3-6-12/h4-5,8,12H,3,6-7H2,1-2H3. The molecule has 0 aliphatic heterocycles. The average molecular weight is 196 g/mol. The second-order valence-electron chi connectivity index (χ2n) is 3.17. The van der Waals surface area contributed by atoms with Crippen molar-refractivity contribution >= 4 is 11.8 Å². The van der Waals surface area contributed by atoms with Crippen molar-refractivity contribution < 1.29 is 5.11 Å². The zero-order chi connectivity index (χ0) is 9.68. The SMILES string of the molecule is Cc1ccc(SCCCO)cc1C. The molecule has 0 heterocycles. The first-order chi connectivity index (χ1) is 6.24. The Bertz CT molecular complexity index is 271. The maximum absolute atomic E-state index is 8.63. The van der Waals surface area contributed by atoms with E-state index in [0.29, 0.717) is 0 Å². The molecule has 0 radical (unpaired) electrons. The van der Waals surface area contributed by atoms with E-state index in [1.54, 1.807) is 0 Å². The number of hydrogen-bond acceptors (Lipinski definition) is 2. The smallest absolute Gasteiger partial charge is 0.0439 e. The largest absolute Gasteiger partial charge is 0.396 e. The van der Waals surface area contributed by atoms with Gasteiger partial charge in [0.15, 0.2) is 0 Å². The summed E-state index contributed by atoms with van der Waals surface area (Å²) in [6.07, 6.45) is 0.873. The van der Waals surface area contributed by atoms with Gasteiger partial charge in [0.25, 0.3) is 0 Å². The highest BCUT2D eigenvalue weighted by Crippen LogP contribution is 2.21. The molecule has 1 N–H and O–H groups in total. The second kappa shape index (κ2) is 5.30. The van der Waals surface area contributed by atoms with Crippen molar-refractivity contribution in [2.24, 2.45) is 0 Å². The molecule has 2 heteroatoms. The second-order valence-corrected chi connectivity index (χ2v) is 4.34. The van der Waals surface area contributed by atoms with E-state index in [4.69, 9.17) is 5.11 Å². The minimum absolute atomic E-state index is 0.290. The topological polar surface area (TPSA) is 20.2 Å². The van der Waals surface area contributed by atoms with Crippen LogP contribution in [0.1, 0.15) is 17.5 Å². The lowest BCUT2D eigenvalue weighted by molar-refractivity contribution is 0.296. The van der Waals surface area contributed by atoms with E-state index in [-0.39, 0.29) is 6.61 Å². The van der Waals surface area contributed by atoms with Crippen LogP contribution in [0.15, 0.2) is 23.1 Å². The van der Waals surface area contributed by atoms with Crippen LogP contribution in [0.2, 0.25) is 0 Å². The van der Waals surface area contributed by atoms with E-state index in [1.807, 2.05) is 11.8 Å². The summed E-state index contributed by atoms with van der Waals surface area (Å²) in [7, 11) is 0. The maximum atomic E-state index is 8.63. The van der Waals surface area contributed by atoms with Gasteiger partial charge in [0.05, 0.1) is 0 Å². The van der Waals surface area contributed by atoms with Gasteiger partial charge in [-0.15, -0.1) is 11.8 Å². The Morgan fingerprint density at radius 3 is 2.62 bits per heavy atom. The number of aryl methyl sites for hydroxylation is 2. The molecular formula is C11H16OS. The predicted molar refractivity (Wildman–Crippen MR) is 58.3 cm³/mol. The zero-order valence-electron chi connectivity index (χ0n) is 8.21. The van der Waals surface area contributed by atoms with Crippen LogP contribution in [0.4, 0.5) is 0 Å². The van der Waals surface area contributed by atoms with Crippen LogP contribution in [-0.4, -0.2) is 17.5 Å². The third-order valence-corrected chi connectivity index (χ3v) is 3.13. The number of thioether (sulfide) groups is 1. The van der Waals surface area contributed by atoms with Crippen molar-refractivity contribution in [1.29, 1.82) is 0 Å². The third kappa shape index (κ3) is 3.41. The first-order valence-electron chi connectivity index (χ1n) is 4.55. The number of aliphatic hydroxyl groups is 1. The fourth-order valence-corrected chi connectivity index (χ4v) is 1.99. The van der Waals surface area contributed by atoms with Crippen molar-refractivity contribution in [2.75, 3.05) is 12.4 Å². The minimum atomic E-state index is 0.290. The lowest BCUT2D eigenvalue weighted by atomic mass is 10.1. The molecule has 0 aliphatic carbocycles. The highest BCUT2D eigenvalue weighted by molar-refractivity contribution is 7.99. The van der Waals surface area contributed by atoms with E-state index in [1.165, 1.54) is 16.0 Å². The van der Waals surface area contributed by atoms with Crippen LogP contribution >= 0.6 is 11.8 Å². The van der Waals surface area contributed by atoms with Crippen LogP contribution in [0, 0.1) is 13.8 Å². The monoisotopic (exact) mass is 196 g/mol. The fraction of sp³-hybridized carbons (Fsp3) is 0.455. The minimum Gasteiger partial charge on any atom is -0.396 e. The Morgan fingerprint density at radius 2 is 2.00 bits per heavy atom. The molecule has 1 aromatic carbocycles. The maximum Gasteiger partial charge on any atom is 0.0439 e. The number of hydrogen-bond donors (Lipinski definition) is 1. The summed E-state index contributed by atoms with van der Waals surface area (Å²) >= 11 is 1.81. The van der Waals surface area contributed by atoms with Gasteiger partial charge in [0.1, 0.15) is 0 Å². The van der Waals surface area contributed by atoms with Gasteiger partial charge in [-0.1, -0.05) is 6.07 Å². The normalized spacial score (nSPS) is 10.4. The third-order valence-electron chi connectivity index (χ3n) is 2.05. The van der Waals surface area contributed by atoms with Crippen LogP contribution in [0.25, 0.3) is 0 Å². The van der Waals surface area contributed by atoms with Crippen molar-refractivity contribution in [3.63, 3.8) is 0 Å². The molecule has 1 aromatic rings. The summed E-state index contributed by atoms with van der Waals surface area (Å²) in [6, 6.07) is 6.50. The summed E-state index contributed by atoms with van der Waals surface area (Å²) in [6.45, 7) is 4.54. The molecule has 0 fully saturated rings. The summed E-state index contributed by atoms with van der Waals surface area (Å²) in [5.74, 6) is 0.999.